The minimum absolute atomic E-state index is 0.0431. The maximum Gasteiger partial charge on any atom is 0.231 e. The zero-order valence-corrected chi connectivity index (χ0v) is 17.1. The molecule has 2 amide bonds. The lowest BCUT2D eigenvalue weighted by atomic mass is 10.3. The SMILES string of the molecule is CN(CCOc1ccccc1)C(=O)Cc1csc(NC(=O)Cc2cccs2)n1. The highest BCUT2D eigenvalue weighted by atomic mass is 32.1. The highest BCUT2D eigenvalue weighted by Gasteiger charge is 2.13. The number of hydrogen-bond donors (Lipinski definition) is 1. The van der Waals surface area contributed by atoms with E-state index in [9.17, 15) is 9.59 Å². The van der Waals surface area contributed by atoms with Gasteiger partial charge in [0.25, 0.3) is 0 Å². The first-order chi connectivity index (χ1) is 13.6. The summed E-state index contributed by atoms with van der Waals surface area (Å²) in [6.07, 6.45) is 0.523. The van der Waals surface area contributed by atoms with Crippen LogP contribution in [0.1, 0.15) is 10.6 Å². The number of hydrogen-bond acceptors (Lipinski definition) is 6. The van der Waals surface area contributed by atoms with Crippen molar-refractivity contribution in [1.29, 1.82) is 0 Å². The highest BCUT2D eigenvalue weighted by Crippen LogP contribution is 2.17. The van der Waals surface area contributed by atoms with E-state index < -0.39 is 0 Å². The molecule has 0 spiro atoms. The van der Waals surface area contributed by atoms with Crippen molar-refractivity contribution in [3.63, 3.8) is 0 Å². The van der Waals surface area contributed by atoms with E-state index in [-0.39, 0.29) is 18.2 Å². The number of rotatable bonds is 9. The summed E-state index contributed by atoms with van der Waals surface area (Å²) in [5, 5.41) is 7.04. The van der Waals surface area contributed by atoms with Crippen LogP contribution >= 0.6 is 22.7 Å². The molecule has 3 aromatic rings. The number of thiazole rings is 1. The summed E-state index contributed by atoms with van der Waals surface area (Å²) < 4.78 is 5.61. The molecule has 0 aliphatic heterocycles. The molecule has 0 aliphatic rings. The third-order valence-corrected chi connectivity index (χ3v) is 5.59. The maximum absolute atomic E-state index is 12.3. The van der Waals surface area contributed by atoms with Gasteiger partial charge >= 0.3 is 0 Å². The van der Waals surface area contributed by atoms with Gasteiger partial charge in [-0.2, -0.15) is 0 Å². The zero-order valence-electron chi connectivity index (χ0n) is 15.5. The first-order valence-corrected chi connectivity index (χ1v) is 10.5. The number of benzene rings is 1. The van der Waals surface area contributed by atoms with Crippen LogP contribution in [0.3, 0.4) is 0 Å². The topological polar surface area (TPSA) is 71.5 Å². The minimum Gasteiger partial charge on any atom is -0.492 e. The summed E-state index contributed by atoms with van der Waals surface area (Å²) in [6.45, 7) is 0.912. The summed E-state index contributed by atoms with van der Waals surface area (Å²) >= 11 is 2.87. The lowest BCUT2D eigenvalue weighted by Gasteiger charge is -2.17. The summed E-state index contributed by atoms with van der Waals surface area (Å²) in [4.78, 5) is 31.3. The fourth-order valence-corrected chi connectivity index (χ4v) is 3.84. The van der Waals surface area contributed by atoms with E-state index in [1.54, 1.807) is 28.7 Å². The van der Waals surface area contributed by atoms with Crippen LogP contribution < -0.4 is 10.1 Å². The Hall–Kier alpha value is -2.71. The Morgan fingerprint density at radius 3 is 2.68 bits per heavy atom. The van der Waals surface area contributed by atoms with Crippen LogP contribution in [0, 0.1) is 0 Å². The van der Waals surface area contributed by atoms with Gasteiger partial charge in [-0.25, -0.2) is 4.98 Å². The first kappa shape index (κ1) is 20.0. The van der Waals surface area contributed by atoms with Gasteiger partial charge in [0, 0.05) is 17.3 Å². The fraction of sp³-hybridized carbons (Fsp3) is 0.250. The number of ether oxygens (including phenoxy) is 1. The van der Waals surface area contributed by atoms with Gasteiger partial charge in [0.2, 0.25) is 11.8 Å². The van der Waals surface area contributed by atoms with Crippen molar-refractivity contribution in [2.45, 2.75) is 12.8 Å². The molecule has 3 rings (SSSR count). The van der Waals surface area contributed by atoms with Crippen molar-refractivity contribution in [1.82, 2.24) is 9.88 Å². The third-order valence-electron chi connectivity index (χ3n) is 3.91. The maximum atomic E-state index is 12.3. The molecule has 146 valence electrons. The van der Waals surface area contributed by atoms with Gasteiger partial charge in [-0.15, -0.1) is 22.7 Å². The molecule has 0 saturated heterocycles. The lowest BCUT2D eigenvalue weighted by Crippen LogP contribution is -2.32. The number of anilines is 1. The Labute approximate surface area is 171 Å². The Morgan fingerprint density at radius 1 is 1.11 bits per heavy atom. The molecule has 2 heterocycles. The van der Waals surface area contributed by atoms with E-state index >= 15 is 0 Å². The van der Waals surface area contributed by atoms with Gasteiger partial charge in [-0.3, -0.25) is 9.59 Å². The smallest absolute Gasteiger partial charge is 0.231 e. The van der Waals surface area contributed by atoms with Crippen molar-refractivity contribution < 1.29 is 14.3 Å². The van der Waals surface area contributed by atoms with Crippen LogP contribution in [0.2, 0.25) is 0 Å². The molecule has 0 unspecified atom stereocenters. The molecular weight excluding hydrogens is 394 g/mol. The average molecular weight is 416 g/mol. The fourth-order valence-electron chi connectivity index (χ4n) is 2.41. The molecule has 6 nitrogen and oxygen atoms in total. The zero-order chi connectivity index (χ0) is 19.8. The third kappa shape index (κ3) is 6.17. The van der Waals surface area contributed by atoms with E-state index in [1.807, 2.05) is 47.8 Å². The Morgan fingerprint density at radius 2 is 1.93 bits per heavy atom. The Balaban J connectivity index is 1.42. The van der Waals surface area contributed by atoms with E-state index in [1.165, 1.54) is 11.3 Å². The van der Waals surface area contributed by atoms with Crippen LogP contribution in [0.25, 0.3) is 0 Å². The molecule has 2 aromatic heterocycles. The van der Waals surface area contributed by atoms with E-state index in [0.29, 0.717) is 30.4 Å². The molecule has 0 bridgehead atoms. The number of nitrogens with zero attached hydrogens (tertiary/aromatic N) is 2. The standard InChI is InChI=1S/C20H21N3O3S2/c1-23(9-10-26-16-6-3-2-4-7-16)19(25)12-15-14-28-20(21-15)22-18(24)13-17-8-5-11-27-17/h2-8,11,14H,9-10,12-13H2,1H3,(H,21,22,24). The molecule has 0 fully saturated rings. The van der Waals surface area contributed by atoms with Crippen LogP contribution in [0.4, 0.5) is 5.13 Å². The van der Waals surface area contributed by atoms with Crippen molar-refractivity contribution in [2.75, 3.05) is 25.5 Å². The van der Waals surface area contributed by atoms with Gasteiger partial charge in [0.05, 0.1) is 25.1 Å². The second-order valence-electron chi connectivity index (χ2n) is 6.10. The predicted octanol–water partition coefficient (Wildman–Crippen LogP) is 3.47. The van der Waals surface area contributed by atoms with Crippen molar-refractivity contribution in [3.8, 4) is 5.75 Å². The van der Waals surface area contributed by atoms with Crippen molar-refractivity contribution >= 4 is 39.6 Å². The van der Waals surface area contributed by atoms with Gasteiger partial charge in [-0.1, -0.05) is 24.3 Å². The molecular formula is C20H21N3O3S2. The number of likely N-dealkylation sites (N-methyl/N-ethyl adjacent to an activating group) is 1. The summed E-state index contributed by atoms with van der Waals surface area (Å²) in [6, 6.07) is 13.3. The quantitative estimate of drug-likeness (QED) is 0.581. The van der Waals surface area contributed by atoms with Crippen LogP contribution in [0.15, 0.2) is 53.2 Å². The molecule has 0 saturated carbocycles. The van der Waals surface area contributed by atoms with Crippen LogP contribution in [-0.4, -0.2) is 41.9 Å². The largest absolute Gasteiger partial charge is 0.492 e. The summed E-state index contributed by atoms with van der Waals surface area (Å²) in [5.41, 5.74) is 0.650. The second kappa shape index (κ2) is 10.0. The number of para-hydroxylation sites is 1. The van der Waals surface area contributed by atoms with Crippen molar-refractivity contribution in [2.24, 2.45) is 0 Å². The molecule has 28 heavy (non-hydrogen) atoms. The van der Waals surface area contributed by atoms with Crippen LogP contribution in [0.5, 0.6) is 5.75 Å². The van der Waals surface area contributed by atoms with E-state index in [0.717, 1.165) is 10.6 Å². The molecule has 1 N–H and O–H groups in total. The van der Waals surface area contributed by atoms with Gasteiger partial charge in [0.1, 0.15) is 12.4 Å². The van der Waals surface area contributed by atoms with Crippen LogP contribution in [-0.2, 0) is 22.4 Å². The number of carbonyl (C=O) groups excluding carboxylic acids is 2. The monoisotopic (exact) mass is 415 g/mol. The molecule has 8 heteroatoms. The summed E-state index contributed by atoms with van der Waals surface area (Å²) in [5.74, 6) is 0.633. The first-order valence-electron chi connectivity index (χ1n) is 8.78. The molecule has 0 aliphatic carbocycles. The van der Waals surface area contributed by atoms with E-state index in [4.69, 9.17) is 4.74 Å². The average Bonchev–Trinajstić information content (AvgIpc) is 3.34. The van der Waals surface area contributed by atoms with E-state index in [2.05, 4.69) is 10.3 Å². The lowest BCUT2D eigenvalue weighted by molar-refractivity contribution is -0.129. The summed E-state index contributed by atoms with van der Waals surface area (Å²) in [7, 11) is 1.74. The number of aromatic nitrogens is 1. The van der Waals surface area contributed by atoms with Crippen molar-refractivity contribution in [3.05, 3.63) is 63.8 Å². The normalized spacial score (nSPS) is 10.5. The predicted molar refractivity (Wildman–Crippen MR) is 112 cm³/mol. The highest BCUT2D eigenvalue weighted by molar-refractivity contribution is 7.14. The van der Waals surface area contributed by atoms with Gasteiger partial charge in [-0.05, 0) is 23.6 Å². The minimum atomic E-state index is -0.107. The Bertz CT molecular complexity index is 895. The number of thiophene rings is 1. The van der Waals surface area contributed by atoms with Gasteiger partial charge in [0.15, 0.2) is 5.13 Å². The Kier molecular flexibility index (Phi) is 7.16. The molecule has 1 aromatic carbocycles. The number of carbonyl (C=O) groups is 2. The second-order valence-corrected chi connectivity index (χ2v) is 7.99. The number of amides is 2. The molecule has 0 atom stereocenters. The van der Waals surface area contributed by atoms with Gasteiger partial charge < -0.3 is 15.0 Å². The molecule has 0 radical (unpaired) electrons. The number of nitrogens with one attached hydrogen (secondary N) is 1.